The molecule has 0 bridgehead atoms. The van der Waals surface area contributed by atoms with Gasteiger partial charge in [0.1, 0.15) is 0 Å². The molecule has 27 heavy (non-hydrogen) atoms. The molecule has 2 N–H and O–H groups in total. The lowest BCUT2D eigenvalue weighted by Crippen LogP contribution is -2.37. The standard InChI is InChI=1S/C19H34N4O3.HI/c1-4-15(5-2)18-13-17(26-23-18)14-22-19(20-3)21-9-6-10-25-16-7-11-24-12-8-16;/h13,15-16H,4-12,14H2,1-3H3,(H2,20,21,22);1H. The van der Waals surface area contributed by atoms with Crippen molar-refractivity contribution < 1.29 is 14.0 Å². The molecule has 0 atom stereocenters. The van der Waals surface area contributed by atoms with Crippen molar-refractivity contribution in [2.45, 2.75) is 64.5 Å². The van der Waals surface area contributed by atoms with Gasteiger partial charge in [-0.15, -0.1) is 24.0 Å². The fourth-order valence-electron chi connectivity index (χ4n) is 3.07. The highest BCUT2D eigenvalue weighted by molar-refractivity contribution is 14.0. The summed E-state index contributed by atoms with van der Waals surface area (Å²) in [7, 11) is 1.77. The molecule has 2 heterocycles. The highest BCUT2D eigenvalue weighted by atomic mass is 127. The van der Waals surface area contributed by atoms with Gasteiger partial charge in [0, 0.05) is 45.4 Å². The van der Waals surface area contributed by atoms with E-state index >= 15 is 0 Å². The first kappa shape index (κ1) is 24.2. The van der Waals surface area contributed by atoms with Crippen LogP contribution in [0.2, 0.25) is 0 Å². The molecule has 0 aromatic carbocycles. The Kier molecular flexibility index (Phi) is 12.7. The van der Waals surface area contributed by atoms with Crippen LogP contribution in [0.4, 0.5) is 0 Å². The molecule has 1 aliphatic rings. The SMILES string of the molecule is CCC(CC)c1cc(CNC(=NC)NCCCOC2CCOCC2)on1.I. The number of nitrogens with one attached hydrogen (secondary N) is 2. The lowest BCUT2D eigenvalue weighted by molar-refractivity contribution is -0.0320. The first-order chi connectivity index (χ1) is 12.8. The summed E-state index contributed by atoms with van der Waals surface area (Å²) in [6, 6.07) is 2.04. The minimum absolute atomic E-state index is 0. The van der Waals surface area contributed by atoms with Crippen LogP contribution < -0.4 is 10.6 Å². The Hall–Kier alpha value is -0.870. The highest BCUT2D eigenvalue weighted by Crippen LogP contribution is 2.22. The molecular formula is C19H35IN4O3. The smallest absolute Gasteiger partial charge is 0.191 e. The van der Waals surface area contributed by atoms with Crippen LogP contribution in [-0.2, 0) is 16.0 Å². The second kappa shape index (κ2) is 14.2. The van der Waals surface area contributed by atoms with Crippen molar-refractivity contribution in [1.82, 2.24) is 15.8 Å². The van der Waals surface area contributed by atoms with Crippen LogP contribution in [0.25, 0.3) is 0 Å². The topological polar surface area (TPSA) is 80.9 Å². The molecule has 1 aliphatic heterocycles. The molecule has 0 radical (unpaired) electrons. The van der Waals surface area contributed by atoms with Crippen molar-refractivity contribution in [2.75, 3.05) is 33.4 Å². The van der Waals surface area contributed by atoms with E-state index in [-0.39, 0.29) is 24.0 Å². The van der Waals surface area contributed by atoms with E-state index in [1.54, 1.807) is 7.05 Å². The Balaban J connectivity index is 0.00000364. The van der Waals surface area contributed by atoms with Gasteiger partial charge in [0.15, 0.2) is 11.7 Å². The summed E-state index contributed by atoms with van der Waals surface area (Å²) in [6.07, 6.45) is 5.47. The van der Waals surface area contributed by atoms with Gasteiger partial charge in [0.05, 0.1) is 18.3 Å². The largest absolute Gasteiger partial charge is 0.381 e. The lowest BCUT2D eigenvalue weighted by Gasteiger charge is -2.22. The third kappa shape index (κ3) is 8.78. The van der Waals surface area contributed by atoms with Gasteiger partial charge in [-0.1, -0.05) is 19.0 Å². The molecule has 0 unspecified atom stereocenters. The summed E-state index contributed by atoms with van der Waals surface area (Å²) in [5, 5.41) is 10.8. The van der Waals surface area contributed by atoms with Crippen molar-refractivity contribution in [3.8, 4) is 0 Å². The number of nitrogens with zero attached hydrogens (tertiary/aromatic N) is 2. The van der Waals surface area contributed by atoms with Crippen LogP contribution in [0.5, 0.6) is 0 Å². The van der Waals surface area contributed by atoms with Crippen LogP contribution in [-0.4, -0.2) is 50.6 Å². The summed E-state index contributed by atoms with van der Waals surface area (Å²) in [5.41, 5.74) is 1.04. The number of aliphatic imine (C=N–C) groups is 1. The fourth-order valence-corrected chi connectivity index (χ4v) is 3.07. The van der Waals surface area contributed by atoms with Crippen LogP contribution in [0.15, 0.2) is 15.6 Å². The minimum Gasteiger partial charge on any atom is -0.381 e. The van der Waals surface area contributed by atoms with Crippen LogP contribution >= 0.6 is 24.0 Å². The maximum absolute atomic E-state index is 5.87. The number of halogens is 1. The van der Waals surface area contributed by atoms with Crippen LogP contribution in [0.3, 0.4) is 0 Å². The van der Waals surface area contributed by atoms with Crippen molar-refractivity contribution in [3.05, 3.63) is 17.5 Å². The van der Waals surface area contributed by atoms with Gasteiger partial charge in [-0.2, -0.15) is 0 Å². The third-order valence-corrected chi connectivity index (χ3v) is 4.77. The summed E-state index contributed by atoms with van der Waals surface area (Å²) < 4.78 is 16.6. The number of ether oxygens (including phenoxy) is 2. The van der Waals surface area contributed by atoms with Crippen LogP contribution in [0.1, 0.15) is 63.3 Å². The molecule has 0 amide bonds. The van der Waals surface area contributed by atoms with E-state index in [4.69, 9.17) is 14.0 Å². The zero-order chi connectivity index (χ0) is 18.6. The number of rotatable bonds is 10. The first-order valence-corrected chi connectivity index (χ1v) is 9.86. The predicted molar refractivity (Wildman–Crippen MR) is 118 cm³/mol. The van der Waals surface area contributed by atoms with Gasteiger partial charge in [0.25, 0.3) is 0 Å². The van der Waals surface area contributed by atoms with Gasteiger partial charge in [-0.05, 0) is 32.1 Å². The van der Waals surface area contributed by atoms with Gasteiger partial charge in [0.2, 0.25) is 0 Å². The first-order valence-electron chi connectivity index (χ1n) is 9.86. The molecule has 0 aliphatic carbocycles. The maximum Gasteiger partial charge on any atom is 0.191 e. The van der Waals surface area contributed by atoms with Gasteiger partial charge in [-0.25, -0.2) is 0 Å². The fraction of sp³-hybridized carbons (Fsp3) is 0.789. The number of hydrogen-bond acceptors (Lipinski definition) is 5. The van der Waals surface area contributed by atoms with Crippen molar-refractivity contribution in [3.63, 3.8) is 0 Å². The number of guanidine groups is 1. The average molecular weight is 494 g/mol. The summed E-state index contributed by atoms with van der Waals surface area (Å²) in [6.45, 7) is 8.15. The molecule has 1 aromatic rings. The lowest BCUT2D eigenvalue weighted by atomic mass is 9.99. The average Bonchev–Trinajstić information content (AvgIpc) is 3.14. The molecular weight excluding hydrogens is 459 g/mol. The Morgan fingerprint density at radius 2 is 2.04 bits per heavy atom. The molecule has 8 heteroatoms. The zero-order valence-corrected chi connectivity index (χ0v) is 19.2. The Morgan fingerprint density at radius 3 is 2.70 bits per heavy atom. The van der Waals surface area contributed by atoms with E-state index in [0.717, 1.165) is 75.9 Å². The van der Waals surface area contributed by atoms with E-state index in [2.05, 4.69) is 34.6 Å². The Bertz CT molecular complexity index is 529. The highest BCUT2D eigenvalue weighted by Gasteiger charge is 2.14. The van der Waals surface area contributed by atoms with Crippen LogP contribution in [0, 0.1) is 0 Å². The molecule has 1 aromatic heterocycles. The summed E-state index contributed by atoms with van der Waals surface area (Å²) in [5.74, 6) is 2.06. The molecule has 2 rings (SSSR count). The Labute approximate surface area is 180 Å². The van der Waals surface area contributed by atoms with E-state index < -0.39 is 0 Å². The van der Waals surface area contributed by atoms with E-state index in [9.17, 15) is 0 Å². The quantitative estimate of drug-likeness (QED) is 0.225. The Morgan fingerprint density at radius 1 is 1.30 bits per heavy atom. The second-order valence-corrected chi connectivity index (χ2v) is 6.62. The van der Waals surface area contributed by atoms with Gasteiger partial charge in [-0.3, -0.25) is 4.99 Å². The zero-order valence-electron chi connectivity index (χ0n) is 16.8. The van der Waals surface area contributed by atoms with Gasteiger partial charge < -0.3 is 24.6 Å². The van der Waals surface area contributed by atoms with Gasteiger partial charge >= 0.3 is 0 Å². The predicted octanol–water partition coefficient (Wildman–Crippen LogP) is 3.45. The molecule has 156 valence electrons. The van der Waals surface area contributed by atoms with Crippen molar-refractivity contribution in [1.29, 1.82) is 0 Å². The molecule has 0 saturated carbocycles. The molecule has 1 saturated heterocycles. The number of aromatic nitrogens is 1. The van der Waals surface area contributed by atoms with E-state index in [1.165, 1.54) is 0 Å². The third-order valence-electron chi connectivity index (χ3n) is 4.77. The summed E-state index contributed by atoms with van der Waals surface area (Å²) >= 11 is 0. The van der Waals surface area contributed by atoms with Crippen molar-refractivity contribution in [2.24, 2.45) is 4.99 Å². The van der Waals surface area contributed by atoms with Crippen molar-refractivity contribution >= 4 is 29.9 Å². The summed E-state index contributed by atoms with van der Waals surface area (Å²) in [4.78, 5) is 4.24. The van der Waals surface area contributed by atoms with E-state index in [1.807, 2.05) is 6.07 Å². The molecule has 0 spiro atoms. The van der Waals surface area contributed by atoms with E-state index in [0.29, 0.717) is 18.6 Å². The minimum atomic E-state index is 0. The second-order valence-electron chi connectivity index (χ2n) is 6.62. The molecule has 7 nitrogen and oxygen atoms in total. The monoisotopic (exact) mass is 494 g/mol. The normalized spacial score (nSPS) is 15.6. The number of hydrogen-bond donors (Lipinski definition) is 2. The molecule has 1 fully saturated rings. The maximum atomic E-state index is 5.87.